The number of carboxylic acid groups (broad SMARTS) is 1. The summed E-state index contributed by atoms with van der Waals surface area (Å²) in [5, 5.41) is 20.0. The van der Waals surface area contributed by atoms with Gasteiger partial charge in [0.25, 0.3) is 0 Å². The number of carbonyl (C=O) groups is 1. The van der Waals surface area contributed by atoms with Crippen molar-refractivity contribution in [2.24, 2.45) is 34.5 Å². The summed E-state index contributed by atoms with van der Waals surface area (Å²) < 4.78 is 0. The average molecular weight is 408 g/mol. The van der Waals surface area contributed by atoms with E-state index in [9.17, 15) is 15.0 Å². The summed E-state index contributed by atoms with van der Waals surface area (Å²) in [5.41, 5.74) is 4.14. The van der Waals surface area contributed by atoms with E-state index in [1.807, 2.05) is 18.5 Å². The summed E-state index contributed by atoms with van der Waals surface area (Å²) in [6.07, 6.45) is 14.3. The monoisotopic (exact) mass is 407 g/mol. The molecule has 0 amide bonds. The first-order valence-corrected chi connectivity index (χ1v) is 11.5. The highest BCUT2D eigenvalue weighted by Crippen LogP contribution is 2.67. The molecule has 2 unspecified atom stereocenters. The zero-order valence-electron chi connectivity index (χ0n) is 18.1. The predicted molar refractivity (Wildman–Crippen MR) is 116 cm³/mol. The number of aliphatic hydroxyl groups excluding tert-OH is 1. The van der Waals surface area contributed by atoms with Crippen LogP contribution in [0.25, 0.3) is 5.57 Å². The van der Waals surface area contributed by atoms with Gasteiger partial charge in [-0.25, -0.2) is 0 Å². The molecule has 0 bridgehead atoms. The number of nitrogens with zero attached hydrogens (tertiary/aromatic N) is 1. The Morgan fingerprint density at radius 1 is 1.20 bits per heavy atom. The lowest BCUT2D eigenvalue weighted by atomic mass is 9.45. The third-order valence-electron chi connectivity index (χ3n) is 9.21. The van der Waals surface area contributed by atoms with Crippen LogP contribution < -0.4 is 0 Å². The highest BCUT2D eigenvalue weighted by Gasteiger charge is 2.59. The second-order valence-corrected chi connectivity index (χ2v) is 10.6. The number of hydrogen-bond donors (Lipinski definition) is 2. The fourth-order valence-electron chi connectivity index (χ4n) is 7.74. The molecule has 160 valence electrons. The molecular formula is C26H33NO3. The first kappa shape index (κ1) is 20.0. The summed E-state index contributed by atoms with van der Waals surface area (Å²) in [6.45, 7) is 4.80. The third kappa shape index (κ3) is 2.90. The van der Waals surface area contributed by atoms with Crippen LogP contribution in [0.4, 0.5) is 0 Å². The Morgan fingerprint density at radius 3 is 2.73 bits per heavy atom. The average Bonchev–Trinajstić information content (AvgIpc) is 3.06. The van der Waals surface area contributed by atoms with Gasteiger partial charge in [-0.15, -0.1) is 0 Å². The quantitative estimate of drug-likeness (QED) is 0.684. The van der Waals surface area contributed by atoms with Crippen LogP contribution in [0, 0.1) is 34.5 Å². The molecule has 2 fully saturated rings. The smallest absolute Gasteiger partial charge is 0.303 e. The molecule has 4 nitrogen and oxygen atoms in total. The first-order chi connectivity index (χ1) is 14.3. The van der Waals surface area contributed by atoms with Crippen molar-refractivity contribution in [1.29, 1.82) is 0 Å². The maximum Gasteiger partial charge on any atom is 0.303 e. The molecule has 30 heavy (non-hydrogen) atoms. The van der Waals surface area contributed by atoms with Crippen LogP contribution in [-0.2, 0) is 4.79 Å². The van der Waals surface area contributed by atoms with Crippen molar-refractivity contribution in [1.82, 2.24) is 4.98 Å². The predicted octanol–water partition coefficient (Wildman–Crippen LogP) is 5.10. The van der Waals surface area contributed by atoms with Crippen LogP contribution in [0.2, 0.25) is 0 Å². The molecule has 2 N–H and O–H groups in total. The van der Waals surface area contributed by atoms with Gasteiger partial charge in [0.05, 0.1) is 12.5 Å². The van der Waals surface area contributed by atoms with Crippen LogP contribution in [0.5, 0.6) is 0 Å². The van der Waals surface area contributed by atoms with E-state index < -0.39 is 5.97 Å². The molecule has 0 spiro atoms. The zero-order chi connectivity index (χ0) is 21.1. The minimum Gasteiger partial charge on any atom is -0.481 e. The van der Waals surface area contributed by atoms with Crippen molar-refractivity contribution < 1.29 is 15.0 Å². The largest absolute Gasteiger partial charge is 0.481 e. The van der Waals surface area contributed by atoms with Crippen molar-refractivity contribution in [3.8, 4) is 0 Å². The molecule has 5 rings (SSSR count). The lowest BCUT2D eigenvalue weighted by Gasteiger charge is -2.59. The van der Waals surface area contributed by atoms with Crippen molar-refractivity contribution in [3.05, 3.63) is 47.8 Å². The second kappa shape index (κ2) is 7.05. The molecular weight excluding hydrogens is 374 g/mol. The molecule has 0 radical (unpaired) electrons. The van der Waals surface area contributed by atoms with E-state index in [0.29, 0.717) is 17.8 Å². The number of carboxylic acids is 1. The van der Waals surface area contributed by atoms with E-state index in [2.05, 4.69) is 37.0 Å². The Labute approximate surface area is 179 Å². The lowest BCUT2D eigenvalue weighted by Crippen LogP contribution is -2.52. The van der Waals surface area contributed by atoms with Gasteiger partial charge in [-0.1, -0.05) is 37.6 Å². The standard InChI is InChI=1S/C26H33NO3/c1-25-9-7-19(28)14-18(25)12-17(13-23(29)30)24-21-6-5-20(16-4-3-11-27-15-16)26(21,2)10-8-22(24)25/h3-5,11-12,15,17,19,21-22,24,28H,6-10,13-14H2,1-2H3,(H,29,30)/t17?,19?,21-,22+,24-,25-,26+/m0/s1. The molecule has 0 aromatic carbocycles. The number of aliphatic hydroxyl groups is 1. The van der Waals surface area contributed by atoms with Gasteiger partial charge >= 0.3 is 5.97 Å². The Bertz CT molecular complexity index is 906. The molecule has 2 saturated carbocycles. The number of aliphatic carboxylic acids is 1. The van der Waals surface area contributed by atoms with E-state index >= 15 is 0 Å². The number of rotatable bonds is 3. The third-order valence-corrected chi connectivity index (χ3v) is 9.21. The van der Waals surface area contributed by atoms with E-state index in [1.54, 1.807) is 0 Å². The minimum absolute atomic E-state index is 0.0622. The van der Waals surface area contributed by atoms with Gasteiger partial charge < -0.3 is 10.2 Å². The highest BCUT2D eigenvalue weighted by atomic mass is 16.4. The van der Waals surface area contributed by atoms with Gasteiger partial charge in [0, 0.05) is 12.4 Å². The molecule has 0 aliphatic heterocycles. The van der Waals surface area contributed by atoms with Gasteiger partial charge in [-0.05, 0) is 90.2 Å². The minimum atomic E-state index is -0.707. The highest BCUT2D eigenvalue weighted by molar-refractivity contribution is 5.72. The van der Waals surface area contributed by atoms with Crippen LogP contribution >= 0.6 is 0 Å². The SMILES string of the molecule is C[C@]12CCC(O)CC1=CC(CC(=O)O)[C@@H]1[C@H]2CC[C@]2(C)C(c3cccnc3)=CC[C@@H]12. The Balaban J connectivity index is 1.55. The fourth-order valence-corrected chi connectivity index (χ4v) is 7.74. The van der Waals surface area contributed by atoms with Gasteiger partial charge in [0.1, 0.15) is 0 Å². The van der Waals surface area contributed by atoms with Crippen LogP contribution in [0.1, 0.15) is 64.4 Å². The normalized spacial score (nSPS) is 42.4. The van der Waals surface area contributed by atoms with Gasteiger partial charge in [-0.2, -0.15) is 0 Å². The summed E-state index contributed by atoms with van der Waals surface area (Å²) in [4.78, 5) is 16.2. The van der Waals surface area contributed by atoms with Gasteiger partial charge in [-0.3, -0.25) is 9.78 Å². The molecule has 7 atom stereocenters. The lowest BCUT2D eigenvalue weighted by molar-refractivity contribution is -0.139. The molecule has 1 aromatic heterocycles. The topological polar surface area (TPSA) is 70.4 Å². The number of pyridine rings is 1. The van der Waals surface area contributed by atoms with Crippen LogP contribution in [0.15, 0.2) is 42.3 Å². The Hall–Kier alpha value is -1.94. The fraction of sp³-hybridized carbons (Fsp3) is 0.615. The number of aromatic nitrogens is 1. The Morgan fingerprint density at radius 2 is 2.00 bits per heavy atom. The maximum absolute atomic E-state index is 11.8. The van der Waals surface area contributed by atoms with Crippen LogP contribution in [0.3, 0.4) is 0 Å². The van der Waals surface area contributed by atoms with Gasteiger partial charge in [0.2, 0.25) is 0 Å². The molecule has 4 aliphatic rings. The summed E-state index contributed by atoms with van der Waals surface area (Å²) in [7, 11) is 0. The van der Waals surface area contributed by atoms with Crippen LogP contribution in [-0.4, -0.2) is 27.3 Å². The van der Waals surface area contributed by atoms with Crippen molar-refractivity contribution in [3.63, 3.8) is 0 Å². The van der Waals surface area contributed by atoms with Gasteiger partial charge in [0.15, 0.2) is 0 Å². The van der Waals surface area contributed by atoms with Crippen molar-refractivity contribution >= 4 is 11.5 Å². The van der Waals surface area contributed by atoms with Crippen molar-refractivity contribution in [2.75, 3.05) is 0 Å². The second-order valence-electron chi connectivity index (χ2n) is 10.6. The number of fused-ring (bicyclic) bond motifs is 5. The number of allylic oxidation sites excluding steroid dienone is 3. The summed E-state index contributed by atoms with van der Waals surface area (Å²) >= 11 is 0. The Kier molecular flexibility index (Phi) is 4.70. The first-order valence-electron chi connectivity index (χ1n) is 11.5. The maximum atomic E-state index is 11.8. The van der Waals surface area contributed by atoms with E-state index in [-0.39, 0.29) is 29.3 Å². The molecule has 1 aromatic rings. The molecule has 0 saturated heterocycles. The van der Waals surface area contributed by atoms with E-state index in [4.69, 9.17) is 0 Å². The van der Waals surface area contributed by atoms with E-state index in [1.165, 1.54) is 16.7 Å². The summed E-state index contributed by atoms with van der Waals surface area (Å²) in [5.74, 6) is 0.717. The van der Waals surface area contributed by atoms with E-state index in [0.717, 1.165) is 38.5 Å². The number of hydrogen-bond acceptors (Lipinski definition) is 3. The molecule has 4 aliphatic carbocycles. The van der Waals surface area contributed by atoms with Crippen molar-refractivity contribution in [2.45, 2.75) is 64.9 Å². The summed E-state index contributed by atoms with van der Waals surface area (Å²) in [6, 6.07) is 4.17. The zero-order valence-corrected chi connectivity index (χ0v) is 18.1. The molecule has 4 heteroatoms. The molecule has 1 heterocycles.